The van der Waals surface area contributed by atoms with E-state index in [1.54, 1.807) is 7.11 Å². The Balaban J connectivity index is 0.000000221. The Morgan fingerprint density at radius 3 is 1.28 bits per heavy atom. The lowest BCUT2D eigenvalue weighted by Gasteiger charge is -2.39. The van der Waals surface area contributed by atoms with Crippen LogP contribution in [0.4, 0.5) is 35.1 Å². The minimum atomic E-state index is -4.47. The number of rotatable bonds is 9. The van der Waals surface area contributed by atoms with Gasteiger partial charge in [0.2, 0.25) is 0 Å². The van der Waals surface area contributed by atoms with E-state index in [9.17, 15) is 31.4 Å². The third-order valence-corrected chi connectivity index (χ3v) is 14.7. The van der Waals surface area contributed by atoms with E-state index in [2.05, 4.69) is 27.7 Å². The summed E-state index contributed by atoms with van der Waals surface area (Å²) in [5.41, 5.74) is 6.73. The van der Waals surface area contributed by atoms with Gasteiger partial charge in [0.15, 0.2) is 12.3 Å². The molecule has 2 saturated carbocycles. The number of aromatic nitrogens is 2. The maximum absolute atomic E-state index is 16.4. The molecule has 4 atom stereocenters. The Kier molecular flexibility index (Phi) is 16.1. The third kappa shape index (κ3) is 11.2. The van der Waals surface area contributed by atoms with Gasteiger partial charge in [-0.1, -0.05) is 113 Å². The maximum Gasteiger partial charge on any atom is 0.416 e. The summed E-state index contributed by atoms with van der Waals surface area (Å²) in [5, 5.41) is 11.2. The summed E-state index contributed by atoms with van der Waals surface area (Å²) in [4.78, 5) is 9.96. The highest BCUT2D eigenvalue weighted by Crippen LogP contribution is 2.53. The Hall–Kier alpha value is -3.90. The molecule has 4 aromatic rings. The number of aliphatic hydroxyl groups is 1. The number of aliphatic hydroxyl groups excluding tert-OH is 1. The first-order chi connectivity index (χ1) is 31.3. The molecule has 8 rings (SSSR count). The van der Waals surface area contributed by atoms with E-state index in [1.165, 1.54) is 24.3 Å². The summed E-state index contributed by atoms with van der Waals surface area (Å²) in [5.74, 6) is 0.285. The lowest BCUT2D eigenvalue weighted by Crippen LogP contribution is -2.31. The predicted octanol–water partition coefficient (Wildman–Crippen LogP) is 17.2. The van der Waals surface area contributed by atoms with Gasteiger partial charge < -0.3 is 9.84 Å². The molecule has 0 unspecified atom stereocenters. The smallest absolute Gasteiger partial charge is 0.388 e. The van der Waals surface area contributed by atoms with Crippen LogP contribution in [0.5, 0.6) is 0 Å². The molecule has 4 nitrogen and oxygen atoms in total. The van der Waals surface area contributed by atoms with Crippen LogP contribution in [0.25, 0.3) is 0 Å². The largest absolute Gasteiger partial charge is 0.416 e. The van der Waals surface area contributed by atoms with Crippen molar-refractivity contribution >= 4 is 0 Å². The van der Waals surface area contributed by atoms with Gasteiger partial charge in [-0.05, 0) is 132 Å². The highest BCUT2D eigenvalue weighted by atomic mass is 19.4. The van der Waals surface area contributed by atoms with Crippen molar-refractivity contribution in [2.75, 3.05) is 7.11 Å². The minimum Gasteiger partial charge on any atom is -0.388 e. The van der Waals surface area contributed by atoms with Crippen LogP contribution < -0.4 is 0 Å². The molecular weight excluding hydrogens is 885 g/mol. The van der Waals surface area contributed by atoms with Gasteiger partial charge in [0.25, 0.3) is 0 Å². The van der Waals surface area contributed by atoms with Crippen molar-refractivity contribution in [1.82, 2.24) is 9.97 Å². The first-order valence-electron chi connectivity index (χ1n) is 24.3. The Labute approximate surface area is 399 Å². The summed E-state index contributed by atoms with van der Waals surface area (Å²) < 4.78 is 117. The number of benzene rings is 2. The fourth-order valence-corrected chi connectivity index (χ4v) is 11.6. The quantitative estimate of drug-likeness (QED) is 0.170. The number of hydrogen-bond acceptors (Lipinski definition) is 4. The van der Waals surface area contributed by atoms with Crippen LogP contribution in [0.1, 0.15) is 254 Å². The lowest BCUT2D eigenvalue weighted by molar-refractivity contribution is -0.138. The van der Waals surface area contributed by atoms with Crippen molar-refractivity contribution in [3.05, 3.63) is 127 Å². The average Bonchev–Trinajstić information content (AvgIpc) is 3.99. The maximum atomic E-state index is 16.4. The number of alkyl halides is 8. The molecule has 4 aliphatic carbocycles. The molecule has 12 heteroatoms. The molecule has 2 aromatic heterocycles. The summed E-state index contributed by atoms with van der Waals surface area (Å²) in [6, 6.07) is 8.82. The predicted molar refractivity (Wildman–Crippen MR) is 254 cm³/mol. The van der Waals surface area contributed by atoms with E-state index in [4.69, 9.17) is 14.7 Å². The van der Waals surface area contributed by atoms with Crippen LogP contribution in [0.15, 0.2) is 48.5 Å². The van der Waals surface area contributed by atoms with Crippen molar-refractivity contribution < 1.29 is 45.0 Å². The Bertz CT molecular complexity index is 2360. The lowest BCUT2D eigenvalue weighted by atomic mass is 9.70. The molecule has 4 aliphatic rings. The standard InChI is InChI=1S/C28H35F4NO.C27H33F4NO.CH4/c1-16(2)26-24(25(29)18-10-12-19(13-11-18)28(30,31)32)22(17-8-6-7-9-17)23-20(33-26)14-27(3,4)15-21(23)34-5;1-15(2)25-23(24(28)17-9-11-18(12-10-17)27(29,30)31)21(16-7-5-6-8-16)22-19(32-25)13-26(3,4)14-20(22)33;/h10-13,16-17,21,25H,6-9,14-15H2,1-5H3;9-12,15-16,20,24,33H,5-8,13-14H2,1-4H3;1H4/t21-,25-;20-,24-;/m00./s1. The number of pyridine rings is 2. The van der Waals surface area contributed by atoms with Gasteiger partial charge in [0.05, 0.1) is 23.3 Å². The first kappa shape index (κ1) is 53.5. The van der Waals surface area contributed by atoms with Gasteiger partial charge in [-0.3, -0.25) is 9.97 Å². The van der Waals surface area contributed by atoms with Crippen molar-refractivity contribution in [2.45, 2.75) is 200 Å². The zero-order valence-corrected chi connectivity index (χ0v) is 40.5. The molecule has 0 saturated heterocycles. The highest BCUT2D eigenvalue weighted by molar-refractivity contribution is 5.52. The highest BCUT2D eigenvalue weighted by Gasteiger charge is 2.43. The zero-order valence-electron chi connectivity index (χ0n) is 40.5. The fraction of sp³-hybridized carbons (Fsp3) is 0.607. The molecule has 2 fully saturated rings. The van der Waals surface area contributed by atoms with Gasteiger partial charge in [-0.25, -0.2) is 8.78 Å². The Morgan fingerprint density at radius 2 is 0.926 bits per heavy atom. The average molecular weight is 957 g/mol. The molecular formula is C56H72F8N2O2. The van der Waals surface area contributed by atoms with E-state index in [0.29, 0.717) is 23.2 Å². The number of fused-ring (bicyclic) bond motifs is 2. The fourth-order valence-electron chi connectivity index (χ4n) is 11.6. The molecule has 1 N–H and O–H groups in total. The second-order valence-electron chi connectivity index (χ2n) is 21.9. The monoisotopic (exact) mass is 957 g/mol. The SMILES string of the molecule is C.CC(C)c1nc2c(c(C3CCCC3)c1[C@@H](F)c1ccc(C(F)(F)F)cc1)[C@@H](O)CC(C)(C)C2.CO[C@H]1CC(C)(C)Cc2nc(C(C)C)c([C@@H](F)c3ccc(C(F)(F)F)cc3)c(C3CCCC3)c21. The summed E-state index contributed by atoms with van der Waals surface area (Å²) in [6.45, 7) is 16.6. The van der Waals surface area contributed by atoms with E-state index < -0.39 is 41.9 Å². The number of ether oxygens (including phenoxy) is 1. The van der Waals surface area contributed by atoms with Gasteiger partial charge in [-0.2, -0.15) is 26.3 Å². The van der Waals surface area contributed by atoms with Gasteiger partial charge >= 0.3 is 12.4 Å². The van der Waals surface area contributed by atoms with Crippen LogP contribution in [0.2, 0.25) is 0 Å². The summed E-state index contributed by atoms with van der Waals surface area (Å²) in [6.07, 6.45) is -1.88. The van der Waals surface area contributed by atoms with Gasteiger partial charge in [0, 0.05) is 52.1 Å². The van der Waals surface area contributed by atoms with Gasteiger partial charge in [-0.15, -0.1) is 0 Å². The molecule has 0 radical (unpaired) electrons. The van der Waals surface area contributed by atoms with E-state index in [1.807, 2.05) is 27.7 Å². The van der Waals surface area contributed by atoms with Gasteiger partial charge in [0.1, 0.15) is 0 Å². The first-order valence-corrected chi connectivity index (χ1v) is 24.3. The second-order valence-corrected chi connectivity index (χ2v) is 21.9. The Morgan fingerprint density at radius 1 is 0.574 bits per heavy atom. The van der Waals surface area contributed by atoms with Crippen LogP contribution in [-0.4, -0.2) is 22.2 Å². The van der Waals surface area contributed by atoms with Crippen molar-refractivity contribution in [3.8, 4) is 0 Å². The third-order valence-electron chi connectivity index (χ3n) is 14.7. The van der Waals surface area contributed by atoms with E-state index >= 15 is 8.78 Å². The molecule has 374 valence electrons. The minimum absolute atomic E-state index is 0. The zero-order chi connectivity index (χ0) is 49.0. The number of hydrogen-bond donors (Lipinski definition) is 1. The molecule has 0 aliphatic heterocycles. The molecule has 2 heterocycles. The molecule has 2 aromatic carbocycles. The molecule has 0 bridgehead atoms. The van der Waals surface area contributed by atoms with Crippen molar-refractivity contribution in [2.24, 2.45) is 10.8 Å². The van der Waals surface area contributed by atoms with Crippen LogP contribution in [-0.2, 0) is 29.9 Å². The normalized spacial score (nSPS) is 21.5. The topological polar surface area (TPSA) is 55.2 Å². The number of nitrogens with zero attached hydrogens (tertiary/aromatic N) is 2. The number of halogens is 8. The van der Waals surface area contributed by atoms with Crippen molar-refractivity contribution in [1.29, 1.82) is 0 Å². The molecule has 68 heavy (non-hydrogen) atoms. The van der Waals surface area contributed by atoms with E-state index in [0.717, 1.165) is 134 Å². The summed E-state index contributed by atoms with van der Waals surface area (Å²) in [7, 11) is 1.70. The number of methoxy groups -OCH3 is 1. The van der Waals surface area contributed by atoms with E-state index in [-0.39, 0.29) is 59.2 Å². The summed E-state index contributed by atoms with van der Waals surface area (Å²) >= 11 is 0. The van der Waals surface area contributed by atoms with Crippen molar-refractivity contribution in [3.63, 3.8) is 0 Å². The van der Waals surface area contributed by atoms with Crippen LogP contribution in [0, 0.1) is 10.8 Å². The van der Waals surface area contributed by atoms with Crippen LogP contribution >= 0.6 is 0 Å². The molecule has 0 amide bonds. The van der Waals surface area contributed by atoms with Crippen LogP contribution in [0.3, 0.4) is 0 Å². The molecule has 0 spiro atoms. The second kappa shape index (κ2) is 20.4.